The van der Waals surface area contributed by atoms with Crippen LogP contribution >= 0.6 is 0 Å². The number of carbonyl (C=O) groups excluding carboxylic acids is 2. The summed E-state index contributed by atoms with van der Waals surface area (Å²) < 4.78 is 12.8. The van der Waals surface area contributed by atoms with Gasteiger partial charge in [-0.3, -0.25) is 10.1 Å². The van der Waals surface area contributed by atoms with E-state index < -0.39 is 11.9 Å². The Morgan fingerprint density at radius 2 is 1.78 bits per heavy atom. The minimum atomic E-state index is -0.531. The number of amides is 3. The summed E-state index contributed by atoms with van der Waals surface area (Å²) in [6, 6.07) is 8.43. The fraction of sp³-hybridized carbons (Fsp3) is 0.188. The molecule has 7 heteroatoms. The first kappa shape index (κ1) is 16.4. The number of hydrogen-bond acceptors (Lipinski definition) is 3. The first-order chi connectivity index (χ1) is 10.9. The average molecular weight is 316 g/mol. The maximum Gasteiger partial charge on any atom is 0.320 e. The molecule has 2 rings (SSSR count). The van der Waals surface area contributed by atoms with Crippen LogP contribution in [0.1, 0.15) is 11.3 Å². The SMILES string of the molecule is Cc1cc(C)nc(NC(=O)NCC(=O)Nc2ccc(F)cc2)c1. The van der Waals surface area contributed by atoms with Crippen molar-refractivity contribution < 1.29 is 14.0 Å². The second-order valence-electron chi connectivity index (χ2n) is 5.03. The van der Waals surface area contributed by atoms with Crippen molar-refractivity contribution in [2.75, 3.05) is 17.2 Å². The highest BCUT2D eigenvalue weighted by Gasteiger charge is 2.07. The van der Waals surface area contributed by atoms with Gasteiger partial charge < -0.3 is 10.6 Å². The van der Waals surface area contributed by atoms with Crippen molar-refractivity contribution in [3.8, 4) is 0 Å². The second kappa shape index (κ2) is 7.35. The predicted octanol–water partition coefficient (Wildman–Crippen LogP) is 2.60. The lowest BCUT2D eigenvalue weighted by Crippen LogP contribution is -2.36. The summed E-state index contributed by atoms with van der Waals surface area (Å²) in [6.07, 6.45) is 0. The molecule has 0 saturated carbocycles. The van der Waals surface area contributed by atoms with Crippen molar-refractivity contribution in [3.05, 3.63) is 53.5 Å². The molecular formula is C16H17FN4O2. The van der Waals surface area contributed by atoms with E-state index in [1.165, 1.54) is 24.3 Å². The van der Waals surface area contributed by atoms with Crippen LogP contribution in [0.25, 0.3) is 0 Å². The lowest BCUT2D eigenvalue weighted by Gasteiger charge is -2.09. The molecule has 23 heavy (non-hydrogen) atoms. The largest absolute Gasteiger partial charge is 0.329 e. The topological polar surface area (TPSA) is 83.1 Å². The van der Waals surface area contributed by atoms with E-state index >= 15 is 0 Å². The summed E-state index contributed by atoms with van der Waals surface area (Å²) in [5.41, 5.74) is 2.21. The number of halogens is 1. The Balaban J connectivity index is 1.81. The van der Waals surface area contributed by atoms with E-state index in [-0.39, 0.29) is 12.4 Å². The van der Waals surface area contributed by atoms with Crippen LogP contribution in [0.2, 0.25) is 0 Å². The Kier molecular flexibility index (Phi) is 5.24. The summed E-state index contributed by atoms with van der Waals surface area (Å²) in [7, 11) is 0. The van der Waals surface area contributed by atoms with Crippen molar-refractivity contribution in [1.82, 2.24) is 10.3 Å². The molecule has 0 aliphatic carbocycles. The van der Waals surface area contributed by atoms with Gasteiger partial charge in [0.1, 0.15) is 11.6 Å². The fourth-order valence-corrected chi connectivity index (χ4v) is 1.96. The van der Waals surface area contributed by atoms with Gasteiger partial charge in [0.2, 0.25) is 5.91 Å². The molecular weight excluding hydrogens is 299 g/mol. The van der Waals surface area contributed by atoms with Crippen LogP contribution in [0.15, 0.2) is 36.4 Å². The molecule has 0 radical (unpaired) electrons. The monoisotopic (exact) mass is 316 g/mol. The highest BCUT2D eigenvalue weighted by Crippen LogP contribution is 2.09. The zero-order chi connectivity index (χ0) is 16.8. The van der Waals surface area contributed by atoms with Gasteiger partial charge in [0.15, 0.2) is 0 Å². The van der Waals surface area contributed by atoms with Gasteiger partial charge in [-0.25, -0.2) is 14.2 Å². The van der Waals surface area contributed by atoms with E-state index in [0.29, 0.717) is 11.5 Å². The Morgan fingerprint density at radius 3 is 2.43 bits per heavy atom. The molecule has 2 aromatic rings. The van der Waals surface area contributed by atoms with Gasteiger partial charge in [0.05, 0.1) is 6.54 Å². The number of hydrogen-bond donors (Lipinski definition) is 3. The Hall–Kier alpha value is -2.96. The van der Waals surface area contributed by atoms with Crippen LogP contribution in [0.4, 0.5) is 20.7 Å². The summed E-state index contributed by atoms with van der Waals surface area (Å²) in [5, 5.41) is 7.53. The van der Waals surface area contributed by atoms with E-state index in [0.717, 1.165) is 11.3 Å². The molecule has 120 valence electrons. The van der Waals surface area contributed by atoms with E-state index in [9.17, 15) is 14.0 Å². The van der Waals surface area contributed by atoms with Crippen LogP contribution in [-0.4, -0.2) is 23.5 Å². The highest BCUT2D eigenvalue weighted by molar-refractivity contribution is 5.96. The predicted molar refractivity (Wildman–Crippen MR) is 85.8 cm³/mol. The number of aryl methyl sites for hydroxylation is 2. The molecule has 3 N–H and O–H groups in total. The quantitative estimate of drug-likeness (QED) is 0.811. The van der Waals surface area contributed by atoms with E-state index in [1.54, 1.807) is 6.07 Å². The molecule has 1 aromatic heterocycles. The van der Waals surface area contributed by atoms with Gasteiger partial charge in [0.25, 0.3) is 0 Å². The van der Waals surface area contributed by atoms with Crippen molar-refractivity contribution >= 4 is 23.4 Å². The smallest absolute Gasteiger partial charge is 0.320 e. The number of nitrogens with zero attached hydrogens (tertiary/aromatic N) is 1. The van der Waals surface area contributed by atoms with Gasteiger partial charge in [-0.05, 0) is 55.8 Å². The Labute approximate surface area is 133 Å². The van der Waals surface area contributed by atoms with Crippen molar-refractivity contribution in [1.29, 1.82) is 0 Å². The molecule has 0 aliphatic heterocycles. The number of aromatic nitrogens is 1. The standard InChI is InChI=1S/C16H17FN4O2/c1-10-7-11(2)19-14(8-10)21-16(23)18-9-15(22)20-13-5-3-12(17)4-6-13/h3-8H,9H2,1-2H3,(H,20,22)(H2,18,19,21,23). The normalized spacial score (nSPS) is 10.0. The van der Waals surface area contributed by atoms with Crippen molar-refractivity contribution in [3.63, 3.8) is 0 Å². The highest BCUT2D eigenvalue weighted by atomic mass is 19.1. The molecule has 3 amide bonds. The molecule has 0 saturated heterocycles. The molecule has 0 aliphatic rings. The molecule has 1 aromatic carbocycles. The Bertz CT molecular complexity index is 696. The first-order valence-electron chi connectivity index (χ1n) is 6.98. The fourth-order valence-electron chi connectivity index (χ4n) is 1.96. The van der Waals surface area contributed by atoms with Gasteiger partial charge in [-0.15, -0.1) is 0 Å². The molecule has 0 bridgehead atoms. The number of anilines is 2. The summed E-state index contributed by atoms with van der Waals surface area (Å²) in [4.78, 5) is 27.6. The van der Waals surface area contributed by atoms with E-state index in [1.807, 2.05) is 19.9 Å². The molecule has 0 atom stereocenters. The van der Waals surface area contributed by atoms with Gasteiger partial charge in [-0.1, -0.05) is 0 Å². The lowest BCUT2D eigenvalue weighted by atomic mass is 10.2. The molecule has 6 nitrogen and oxygen atoms in total. The molecule has 0 fully saturated rings. The Morgan fingerprint density at radius 1 is 1.09 bits per heavy atom. The molecule has 0 unspecified atom stereocenters. The van der Waals surface area contributed by atoms with Crippen LogP contribution < -0.4 is 16.0 Å². The first-order valence-corrected chi connectivity index (χ1v) is 6.98. The van der Waals surface area contributed by atoms with Crippen LogP contribution in [0.3, 0.4) is 0 Å². The van der Waals surface area contributed by atoms with Crippen molar-refractivity contribution in [2.24, 2.45) is 0 Å². The minimum Gasteiger partial charge on any atom is -0.329 e. The third kappa shape index (κ3) is 5.39. The second-order valence-corrected chi connectivity index (χ2v) is 5.03. The zero-order valence-electron chi connectivity index (χ0n) is 12.8. The number of pyridine rings is 1. The zero-order valence-corrected chi connectivity index (χ0v) is 12.8. The number of benzene rings is 1. The number of rotatable bonds is 4. The van der Waals surface area contributed by atoms with Gasteiger partial charge in [0, 0.05) is 11.4 Å². The van der Waals surface area contributed by atoms with Crippen LogP contribution in [0, 0.1) is 19.7 Å². The molecule has 1 heterocycles. The summed E-state index contributed by atoms with van der Waals surface area (Å²) in [5.74, 6) is -0.388. The van der Waals surface area contributed by atoms with Crippen LogP contribution in [-0.2, 0) is 4.79 Å². The van der Waals surface area contributed by atoms with E-state index in [2.05, 4.69) is 20.9 Å². The van der Waals surface area contributed by atoms with Gasteiger partial charge in [-0.2, -0.15) is 0 Å². The van der Waals surface area contributed by atoms with Crippen molar-refractivity contribution in [2.45, 2.75) is 13.8 Å². The number of carbonyl (C=O) groups is 2. The maximum atomic E-state index is 12.8. The summed E-state index contributed by atoms with van der Waals surface area (Å²) >= 11 is 0. The third-order valence-electron chi connectivity index (χ3n) is 2.88. The third-order valence-corrected chi connectivity index (χ3v) is 2.88. The number of urea groups is 1. The maximum absolute atomic E-state index is 12.8. The van der Waals surface area contributed by atoms with Gasteiger partial charge >= 0.3 is 6.03 Å². The minimum absolute atomic E-state index is 0.214. The number of nitrogens with one attached hydrogen (secondary N) is 3. The average Bonchev–Trinajstić information content (AvgIpc) is 2.46. The molecule has 0 spiro atoms. The van der Waals surface area contributed by atoms with E-state index in [4.69, 9.17) is 0 Å². The lowest BCUT2D eigenvalue weighted by molar-refractivity contribution is -0.115. The summed E-state index contributed by atoms with van der Waals surface area (Å²) in [6.45, 7) is 3.51. The van der Waals surface area contributed by atoms with Crippen LogP contribution in [0.5, 0.6) is 0 Å².